The van der Waals surface area contributed by atoms with E-state index >= 15 is 0 Å². The number of rotatable bonds is 5. The smallest absolute Gasteiger partial charge is 0.223 e. The van der Waals surface area contributed by atoms with E-state index in [0.717, 1.165) is 32.2 Å². The second kappa shape index (κ2) is 7.44. The van der Waals surface area contributed by atoms with E-state index in [0.29, 0.717) is 24.9 Å². The Morgan fingerprint density at radius 3 is 2.75 bits per heavy atom. The standard InChI is InChI=1S/C17H26N2O/c1-14-5-7-15(8-6-14)9-10-17(20)19-13-3-2-4-16(19)11-12-18/h5-8,16H,2-4,9-13,18H2,1H3. The Balaban J connectivity index is 1.88. The van der Waals surface area contributed by atoms with Crippen LogP contribution < -0.4 is 5.73 Å². The van der Waals surface area contributed by atoms with Gasteiger partial charge in [-0.1, -0.05) is 29.8 Å². The first-order valence-corrected chi connectivity index (χ1v) is 7.76. The second-order valence-corrected chi connectivity index (χ2v) is 5.80. The summed E-state index contributed by atoms with van der Waals surface area (Å²) in [6.07, 6.45) is 5.88. The van der Waals surface area contributed by atoms with Crippen LogP contribution in [0.25, 0.3) is 0 Å². The summed E-state index contributed by atoms with van der Waals surface area (Å²) in [5, 5.41) is 0. The molecule has 0 aliphatic carbocycles. The SMILES string of the molecule is Cc1ccc(CCC(=O)N2CCCCC2CCN)cc1. The number of carbonyl (C=O) groups excluding carboxylic acids is 1. The number of aryl methyl sites for hydroxylation is 2. The molecule has 0 radical (unpaired) electrons. The van der Waals surface area contributed by atoms with E-state index in [4.69, 9.17) is 5.73 Å². The molecule has 1 heterocycles. The Bertz CT molecular complexity index is 425. The van der Waals surface area contributed by atoms with E-state index in [9.17, 15) is 4.79 Å². The molecule has 1 fully saturated rings. The summed E-state index contributed by atoms with van der Waals surface area (Å²) < 4.78 is 0. The number of amides is 1. The Kier molecular flexibility index (Phi) is 5.60. The van der Waals surface area contributed by atoms with Gasteiger partial charge < -0.3 is 10.6 Å². The third kappa shape index (κ3) is 4.07. The normalized spacial score (nSPS) is 19.1. The lowest BCUT2D eigenvalue weighted by atomic mass is 9.98. The number of piperidine rings is 1. The topological polar surface area (TPSA) is 46.3 Å². The molecule has 1 atom stereocenters. The lowest BCUT2D eigenvalue weighted by Gasteiger charge is -2.35. The van der Waals surface area contributed by atoms with Crippen molar-refractivity contribution in [3.8, 4) is 0 Å². The van der Waals surface area contributed by atoms with Crippen molar-refractivity contribution in [1.82, 2.24) is 4.90 Å². The number of carbonyl (C=O) groups is 1. The van der Waals surface area contributed by atoms with Crippen LogP contribution in [0.15, 0.2) is 24.3 Å². The summed E-state index contributed by atoms with van der Waals surface area (Å²) >= 11 is 0. The van der Waals surface area contributed by atoms with Crippen LogP contribution in [-0.4, -0.2) is 29.9 Å². The molecule has 2 N–H and O–H groups in total. The molecule has 2 rings (SSSR count). The molecule has 110 valence electrons. The maximum atomic E-state index is 12.4. The predicted molar refractivity (Wildman–Crippen MR) is 82.5 cm³/mol. The van der Waals surface area contributed by atoms with Crippen LogP contribution in [0.4, 0.5) is 0 Å². The summed E-state index contributed by atoms with van der Waals surface area (Å²) in [5.41, 5.74) is 8.17. The lowest BCUT2D eigenvalue weighted by molar-refractivity contribution is -0.134. The molecule has 3 heteroatoms. The number of nitrogens with two attached hydrogens (primary N) is 1. The largest absolute Gasteiger partial charge is 0.340 e. The zero-order valence-corrected chi connectivity index (χ0v) is 12.5. The van der Waals surface area contributed by atoms with Gasteiger partial charge in [-0.05, 0) is 51.1 Å². The number of benzene rings is 1. The fraction of sp³-hybridized carbons (Fsp3) is 0.588. The number of nitrogens with zero attached hydrogens (tertiary/aromatic N) is 1. The minimum Gasteiger partial charge on any atom is -0.340 e. The van der Waals surface area contributed by atoms with Gasteiger partial charge in [0.2, 0.25) is 5.91 Å². The van der Waals surface area contributed by atoms with E-state index in [-0.39, 0.29) is 0 Å². The fourth-order valence-corrected chi connectivity index (χ4v) is 2.97. The van der Waals surface area contributed by atoms with Crippen molar-refractivity contribution in [3.05, 3.63) is 35.4 Å². The molecule has 1 aliphatic rings. The number of hydrogen-bond acceptors (Lipinski definition) is 2. The Hall–Kier alpha value is -1.35. The van der Waals surface area contributed by atoms with Gasteiger partial charge in [-0.3, -0.25) is 4.79 Å². The van der Waals surface area contributed by atoms with E-state index in [1.54, 1.807) is 0 Å². The third-order valence-electron chi connectivity index (χ3n) is 4.20. The van der Waals surface area contributed by atoms with E-state index in [1.165, 1.54) is 17.5 Å². The van der Waals surface area contributed by atoms with Crippen molar-refractivity contribution in [2.75, 3.05) is 13.1 Å². The molecule has 1 aromatic carbocycles. The van der Waals surface area contributed by atoms with Crippen LogP contribution in [0.1, 0.15) is 43.2 Å². The number of hydrogen-bond donors (Lipinski definition) is 1. The van der Waals surface area contributed by atoms with E-state index in [1.807, 2.05) is 0 Å². The summed E-state index contributed by atoms with van der Waals surface area (Å²) in [6, 6.07) is 8.83. The summed E-state index contributed by atoms with van der Waals surface area (Å²) in [6.45, 7) is 3.67. The molecule has 0 saturated carbocycles. The van der Waals surface area contributed by atoms with Crippen molar-refractivity contribution < 1.29 is 4.79 Å². The monoisotopic (exact) mass is 274 g/mol. The Morgan fingerprint density at radius 2 is 2.05 bits per heavy atom. The first kappa shape index (κ1) is 15.0. The quantitative estimate of drug-likeness (QED) is 0.897. The van der Waals surface area contributed by atoms with Gasteiger partial charge in [-0.2, -0.15) is 0 Å². The van der Waals surface area contributed by atoms with Crippen LogP contribution in [0, 0.1) is 6.92 Å². The van der Waals surface area contributed by atoms with Crippen molar-refractivity contribution in [2.45, 2.75) is 51.5 Å². The summed E-state index contributed by atoms with van der Waals surface area (Å²) in [7, 11) is 0. The maximum Gasteiger partial charge on any atom is 0.223 e. The summed E-state index contributed by atoms with van der Waals surface area (Å²) in [5.74, 6) is 0.295. The van der Waals surface area contributed by atoms with Crippen LogP contribution in [-0.2, 0) is 11.2 Å². The van der Waals surface area contributed by atoms with Gasteiger partial charge in [0.15, 0.2) is 0 Å². The zero-order chi connectivity index (χ0) is 14.4. The van der Waals surface area contributed by atoms with Crippen molar-refractivity contribution in [3.63, 3.8) is 0 Å². The molecule has 3 nitrogen and oxygen atoms in total. The van der Waals surface area contributed by atoms with Crippen LogP contribution in [0.2, 0.25) is 0 Å². The maximum absolute atomic E-state index is 12.4. The first-order chi connectivity index (χ1) is 9.70. The zero-order valence-electron chi connectivity index (χ0n) is 12.5. The van der Waals surface area contributed by atoms with Gasteiger partial charge in [0.25, 0.3) is 0 Å². The highest BCUT2D eigenvalue weighted by atomic mass is 16.2. The molecule has 0 bridgehead atoms. The summed E-state index contributed by atoms with van der Waals surface area (Å²) in [4.78, 5) is 14.5. The van der Waals surface area contributed by atoms with Crippen LogP contribution >= 0.6 is 0 Å². The third-order valence-corrected chi connectivity index (χ3v) is 4.20. The highest BCUT2D eigenvalue weighted by Crippen LogP contribution is 2.20. The van der Waals surface area contributed by atoms with Crippen molar-refractivity contribution in [1.29, 1.82) is 0 Å². The molecular formula is C17H26N2O. The van der Waals surface area contributed by atoms with Gasteiger partial charge in [0.05, 0.1) is 0 Å². The van der Waals surface area contributed by atoms with Crippen molar-refractivity contribution in [2.24, 2.45) is 5.73 Å². The van der Waals surface area contributed by atoms with Gasteiger partial charge in [-0.15, -0.1) is 0 Å². The molecule has 1 amide bonds. The average Bonchev–Trinajstić information content (AvgIpc) is 2.47. The molecular weight excluding hydrogens is 248 g/mol. The molecule has 1 aliphatic heterocycles. The minimum atomic E-state index is 0.295. The van der Waals surface area contributed by atoms with Gasteiger partial charge >= 0.3 is 0 Å². The molecule has 0 spiro atoms. The van der Waals surface area contributed by atoms with E-state index in [2.05, 4.69) is 36.1 Å². The van der Waals surface area contributed by atoms with Gasteiger partial charge in [0.1, 0.15) is 0 Å². The molecule has 0 aromatic heterocycles. The van der Waals surface area contributed by atoms with Gasteiger partial charge in [-0.25, -0.2) is 0 Å². The first-order valence-electron chi connectivity index (χ1n) is 7.76. The average molecular weight is 274 g/mol. The van der Waals surface area contributed by atoms with Crippen molar-refractivity contribution >= 4 is 5.91 Å². The molecule has 1 unspecified atom stereocenters. The fourth-order valence-electron chi connectivity index (χ4n) is 2.97. The Morgan fingerprint density at radius 1 is 1.30 bits per heavy atom. The molecule has 20 heavy (non-hydrogen) atoms. The highest BCUT2D eigenvalue weighted by Gasteiger charge is 2.25. The van der Waals surface area contributed by atoms with Crippen LogP contribution in [0.5, 0.6) is 0 Å². The Labute approximate surface area is 122 Å². The molecule has 1 aromatic rings. The molecule has 1 saturated heterocycles. The highest BCUT2D eigenvalue weighted by molar-refractivity contribution is 5.77. The van der Waals surface area contributed by atoms with Gasteiger partial charge in [0, 0.05) is 19.0 Å². The lowest BCUT2D eigenvalue weighted by Crippen LogP contribution is -2.44. The predicted octanol–water partition coefficient (Wildman–Crippen LogP) is 2.66. The second-order valence-electron chi connectivity index (χ2n) is 5.80. The number of likely N-dealkylation sites (tertiary alicyclic amines) is 1. The van der Waals surface area contributed by atoms with E-state index < -0.39 is 0 Å². The van der Waals surface area contributed by atoms with Crippen LogP contribution in [0.3, 0.4) is 0 Å². The minimum absolute atomic E-state index is 0.295.